The highest BCUT2D eigenvalue weighted by Crippen LogP contribution is 2.48. The Balaban J connectivity index is 5.04. The van der Waals surface area contributed by atoms with Gasteiger partial charge in [-0.15, -0.1) is 8.78 Å². The van der Waals surface area contributed by atoms with Crippen LogP contribution in [0.2, 0.25) is 0 Å². The van der Waals surface area contributed by atoms with Gasteiger partial charge in [0.1, 0.15) is 12.5 Å². The lowest BCUT2D eigenvalue weighted by molar-refractivity contribution is -0.330. The van der Waals surface area contributed by atoms with Crippen LogP contribution in [-0.4, -0.2) is 29.9 Å². The van der Waals surface area contributed by atoms with Crippen LogP contribution in [0, 0.1) is 0 Å². The van der Waals surface area contributed by atoms with E-state index in [9.17, 15) is 30.7 Å². The summed E-state index contributed by atoms with van der Waals surface area (Å²) in [4.78, 5) is 0. The van der Waals surface area contributed by atoms with E-state index >= 15 is 0 Å². The third-order valence-electron chi connectivity index (χ3n) is 1.23. The van der Waals surface area contributed by atoms with Crippen LogP contribution in [0.25, 0.3) is 0 Å². The highest BCUT2D eigenvalue weighted by atomic mass is 32.2. The summed E-state index contributed by atoms with van der Waals surface area (Å²) < 4.78 is 83.3. The van der Waals surface area contributed by atoms with Gasteiger partial charge in [0.05, 0.1) is 10.9 Å². The molecule has 0 bridgehead atoms. The van der Waals surface area contributed by atoms with E-state index in [2.05, 4.69) is 0 Å². The molecule has 13 heavy (non-hydrogen) atoms. The molecular weight excluding hydrogens is 225 g/mol. The van der Waals surface area contributed by atoms with E-state index in [0.29, 0.717) is 12.5 Å². The van der Waals surface area contributed by atoms with Crippen LogP contribution in [0.4, 0.5) is 30.7 Å². The number of hydrogen-bond donors (Lipinski definition) is 0. The number of alkyl halides is 7. The van der Waals surface area contributed by atoms with Gasteiger partial charge in [-0.3, -0.25) is 0 Å². The molecule has 0 nitrogen and oxygen atoms in total. The average molecular weight is 231 g/mol. The zero-order valence-electron chi connectivity index (χ0n) is 6.55. The van der Waals surface area contributed by atoms with Gasteiger partial charge in [-0.25, -0.2) is 0 Å². The smallest absolute Gasteiger partial charge is 0.184 e. The second kappa shape index (κ2) is 3.21. The Labute approximate surface area is 72.4 Å². The minimum atomic E-state index is -6.21. The van der Waals surface area contributed by atoms with Crippen molar-refractivity contribution >= 4 is 10.9 Å². The largest absolute Gasteiger partial charge is 0.482 e. The van der Waals surface area contributed by atoms with E-state index in [4.69, 9.17) is 0 Å². The van der Waals surface area contributed by atoms with Crippen molar-refractivity contribution in [3.63, 3.8) is 0 Å². The van der Waals surface area contributed by atoms with Gasteiger partial charge >= 0.3 is 17.4 Å². The van der Waals surface area contributed by atoms with Crippen LogP contribution in [0.3, 0.4) is 0 Å². The molecule has 0 aliphatic rings. The van der Waals surface area contributed by atoms with Crippen molar-refractivity contribution in [3.8, 4) is 0 Å². The Kier molecular flexibility index (Phi) is 3.18. The highest BCUT2D eigenvalue weighted by molar-refractivity contribution is 7.96. The minimum Gasteiger partial charge on any atom is -0.184 e. The molecule has 0 aromatic carbocycles. The molecule has 0 aromatic heterocycles. The standard InChI is InChI=1S/C5H6F7S/c1-13(2)5(11,12)3(6,7)4(8,9)10/h1-2H3/q+1. The summed E-state index contributed by atoms with van der Waals surface area (Å²) in [6.07, 6.45) is -4.97. The maximum Gasteiger partial charge on any atom is 0.482 e. The lowest BCUT2D eigenvalue weighted by Gasteiger charge is -2.24. The van der Waals surface area contributed by atoms with Crippen LogP contribution in [0.5, 0.6) is 0 Å². The molecule has 0 saturated heterocycles. The van der Waals surface area contributed by atoms with Gasteiger partial charge in [0.15, 0.2) is 0 Å². The second-order valence-corrected chi connectivity index (χ2v) is 4.55. The number of halogens is 7. The van der Waals surface area contributed by atoms with Gasteiger partial charge in [-0.05, 0) is 0 Å². The fourth-order valence-corrected chi connectivity index (χ4v) is 1.05. The van der Waals surface area contributed by atoms with Crippen LogP contribution >= 0.6 is 0 Å². The summed E-state index contributed by atoms with van der Waals surface area (Å²) >= 11 is 0. The minimum absolute atomic E-state index is 0.625. The molecule has 0 rings (SSSR count). The zero-order chi connectivity index (χ0) is 11.1. The molecule has 8 heteroatoms. The van der Waals surface area contributed by atoms with Gasteiger partial charge in [0, 0.05) is 0 Å². The lowest BCUT2D eigenvalue weighted by atomic mass is 10.3. The molecule has 80 valence electrons. The van der Waals surface area contributed by atoms with E-state index in [0.717, 1.165) is 0 Å². The molecule has 0 amide bonds. The van der Waals surface area contributed by atoms with Crippen molar-refractivity contribution in [2.75, 3.05) is 12.5 Å². The van der Waals surface area contributed by atoms with Crippen LogP contribution < -0.4 is 0 Å². The molecule has 0 atom stereocenters. The third kappa shape index (κ3) is 2.03. The Morgan fingerprint density at radius 1 is 0.769 bits per heavy atom. The van der Waals surface area contributed by atoms with Crippen molar-refractivity contribution in [3.05, 3.63) is 0 Å². The Morgan fingerprint density at radius 2 is 1.08 bits per heavy atom. The zero-order valence-corrected chi connectivity index (χ0v) is 7.37. The first kappa shape index (κ1) is 12.9. The SMILES string of the molecule is C[S+](C)C(F)(F)C(F)(F)C(F)(F)F. The van der Waals surface area contributed by atoms with Gasteiger partial charge in [-0.2, -0.15) is 22.0 Å². The first-order valence-corrected chi connectivity index (χ1v) is 4.88. The second-order valence-electron chi connectivity index (χ2n) is 2.41. The summed E-state index contributed by atoms with van der Waals surface area (Å²) in [6, 6.07) is 0. The maximum absolute atomic E-state index is 12.4. The first-order valence-electron chi connectivity index (χ1n) is 2.84. The van der Waals surface area contributed by atoms with Crippen molar-refractivity contribution in [1.82, 2.24) is 0 Å². The van der Waals surface area contributed by atoms with Gasteiger partial charge in [0.25, 0.3) is 0 Å². The molecule has 0 fully saturated rings. The summed E-state index contributed by atoms with van der Waals surface area (Å²) in [5.74, 6) is -5.97. The molecule has 0 radical (unpaired) electrons. The highest BCUT2D eigenvalue weighted by Gasteiger charge is 2.79. The predicted octanol–water partition coefficient (Wildman–Crippen LogP) is 2.65. The van der Waals surface area contributed by atoms with E-state index in [1.54, 1.807) is 0 Å². The summed E-state index contributed by atoms with van der Waals surface area (Å²) in [5.41, 5.74) is 0. The molecule has 0 heterocycles. The third-order valence-corrected chi connectivity index (χ3v) is 2.52. The van der Waals surface area contributed by atoms with Gasteiger partial charge < -0.3 is 0 Å². The van der Waals surface area contributed by atoms with E-state index in [1.165, 1.54) is 0 Å². The number of rotatable bonds is 2. The normalized spacial score (nSPS) is 15.2. The molecule has 0 spiro atoms. The Bertz CT molecular complexity index is 182. The van der Waals surface area contributed by atoms with Crippen LogP contribution in [0.15, 0.2) is 0 Å². The molecule has 0 N–H and O–H groups in total. The predicted molar refractivity (Wildman–Crippen MR) is 35.2 cm³/mol. The Hall–Kier alpha value is -0.140. The number of hydrogen-bond acceptors (Lipinski definition) is 0. The lowest BCUT2D eigenvalue weighted by Crippen LogP contribution is -2.55. The molecular formula is C5H6F7S+. The maximum atomic E-state index is 12.4. The van der Waals surface area contributed by atoms with Crippen molar-refractivity contribution in [2.24, 2.45) is 0 Å². The van der Waals surface area contributed by atoms with Gasteiger partial charge in [-0.1, -0.05) is 0 Å². The van der Waals surface area contributed by atoms with Crippen molar-refractivity contribution in [2.45, 2.75) is 17.4 Å². The van der Waals surface area contributed by atoms with Crippen LogP contribution in [0.1, 0.15) is 0 Å². The van der Waals surface area contributed by atoms with E-state index in [-0.39, 0.29) is 0 Å². The molecule has 0 aliphatic heterocycles. The van der Waals surface area contributed by atoms with Gasteiger partial charge in [0.2, 0.25) is 0 Å². The molecule has 0 aliphatic carbocycles. The van der Waals surface area contributed by atoms with Crippen molar-refractivity contribution < 1.29 is 30.7 Å². The topological polar surface area (TPSA) is 0 Å². The van der Waals surface area contributed by atoms with E-state index < -0.39 is 28.2 Å². The fraction of sp³-hybridized carbons (Fsp3) is 1.00. The van der Waals surface area contributed by atoms with Crippen molar-refractivity contribution in [1.29, 1.82) is 0 Å². The molecule has 0 aromatic rings. The Morgan fingerprint density at radius 3 is 1.15 bits per heavy atom. The van der Waals surface area contributed by atoms with Crippen LogP contribution in [-0.2, 0) is 10.9 Å². The summed E-state index contributed by atoms with van der Waals surface area (Å²) in [5, 5.41) is -5.05. The first-order chi connectivity index (χ1) is 5.44. The monoisotopic (exact) mass is 231 g/mol. The molecule has 0 saturated carbocycles. The average Bonchev–Trinajstić information content (AvgIpc) is 1.84. The quantitative estimate of drug-likeness (QED) is 0.506. The van der Waals surface area contributed by atoms with E-state index in [1.807, 2.05) is 0 Å². The summed E-state index contributed by atoms with van der Waals surface area (Å²) in [7, 11) is -2.35. The molecule has 0 unspecified atom stereocenters. The summed E-state index contributed by atoms with van der Waals surface area (Å²) in [6.45, 7) is 0. The fourth-order valence-electron chi connectivity index (χ4n) is 0.421.